The Bertz CT molecular complexity index is 343. The van der Waals surface area contributed by atoms with Gasteiger partial charge in [0.2, 0.25) is 5.82 Å². The average molecular weight is 204 g/mol. The van der Waals surface area contributed by atoms with E-state index in [9.17, 15) is 0 Å². The van der Waals surface area contributed by atoms with Gasteiger partial charge < -0.3 is 4.90 Å². The highest BCUT2D eigenvalue weighted by Crippen LogP contribution is 2.10. The second kappa shape index (κ2) is 5.97. The molecule has 0 aliphatic carbocycles. The van der Waals surface area contributed by atoms with Crippen LogP contribution in [0.5, 0.6) is 0 Å². The zero-order valence-electron chi connectivity index (χ0n) is 9.27. The van der Waals surface area contributed by atoms with Gasteiger partial charge in [0.1, 0.15) is 11.9 Å². The fourth-order valence-electron chi connectivity index (χ4n) is 1.36. The van der Waals surface area contributed by atoms with Crippen LogP contribution in [0.4, 0.5) is 5.82 Å². The van der Waals surface area contributed by atoms with Crippen LogP contribution >= 0.6 is 0 Å². The number of anilines is 1. The molecule has 0 N–H and O–H groups in total. The Morgan fingerprint density at radius 1 is 1.47 bits per heavy atom. The molecule has 15 heavy (non-hydrogen) atoms. The lowest BCUT2D eigenvalue weighted by Gasteiger charge is -2.21. The van der Waals surface area contributed by atoms with Crippen molar-refractivity contribution in [2.75, 3.05) is 18.0 Å². The van der Waals surface area contributed by atoms with Gasteiger partial charge in [-0.1, -0.05) is 13.3 Å². The van der Waals surface area contributed by atoms with Crippen molar-refractivity contribution >= 4 is 5.82 Å². The molecule has 1 aromatic rings. The molecule has 80 valence electrons. The maximum Gasteiger partial charge on any atom is 0.234 e. The summed E-state index contributed by atoms with van der Waals surface area (Å²) in [7, 11) is 0. The predicted molar refractivity (Wildman–Crippen MR) is 59.5 cm³/mol. The second-order valence-electron chi connectivity index (χ2n) is 3.28. The molecular formula is C11H16N4. The Morgan fingerprint density at radius 2 is 2.27 bits per heavy atom. The Kier molecular flexibility index (Phi) is 4.55. The van der Waals surface area contributed by atoms with Crippen molar-refractivity contribution in [3.05, 3.63) is 18.1 Å². The first-order chi connectivity index (χ1) is 7.31. The number of rotatable bonds is 5. The van der Waals surface area contributed by atoms with Gasteiger partial charge in [-0.25, -0.2) is 9.97 Å². The van der Waals surface area contributed by atoms with Gasteiger partial charge in [0.25, 0.3) is 0 Å². The minimum atomic E-state index is 0.238. The fourth-order valence-corrected chi connectivity index (χ4v) is 1.36. The molecule has 0 unspecified atom stereocenters. The number of unbranched alkanes of at least 4 members (excludes halogenated alkanes) is 1. The smallest absolute Gasteiger partial charge is 0.234 e. The molecule has 0 amide bonds. The third kappa shape index (κ3) is 3.21. The molecule has 0 aliphatic rings. The van der Waals surface area contributed by atoms with E-state index in [4.69, 9.17) is 5.26 Å². The van der Waals surface area contributed by atoms with Gasteiger partial charge in [0.05, 0.1) is 0 Å². The van der Waals surface area contributed by atoms with Crippen LogP contribution in [0.1, 0.15) is 32.5 Å². The van der Waals surface area contributed by atoms with E-state index < -0.39 is 0 Å². The van der Waals surface area contributed by atoms with Crippen LogP contribution in [0.25, 0.3) is 0 Å². The Hall–Kier alpha value is -1.63. The van der Waals surface area contributed by atoms with Crippen molar-refractivity contribution in [3.63, 3.8) is 0 Å². The lowest BCUT2D eigenvalue weighted by Crippen LogP contribution is -2.25. The fraction of sp³-hybridized carbons (Fsp3) is 0.545. The van der Waals surface area contributed by atoms with E-state index in [-0.39, 0.29) is 5.82 Å². The highest BCUT2D eigenvalue weighted by Gasteiger charge is 2.05. The highest BCUT2D eigenvalue weighted by atomic mass is 15.2. The number of aromatic nitrogens is 2. The maximum absolute atomic E-state index is 8.70. The zero-order chi connectivity index (χ0) is 11.1. The topological polar surface area (TPSA) is 52.8 Å². The molecule has 0 saturated carbocycles. The zero-order valence-corrected chi connectivity index (χ0v) is 9.27. The minimum Gasteiger partial charge on any atom is -0.357 e. The first-order valence-electron chi connectivity index (χ1n) is 5.29. The van der Waals surface area contributed by atoms with Gasteiger partial charge >= 0.3 is 0 Å². The number of nitriles is 1. The summed E-state index contributed by atoms with van der Waals surface area (Å²) in [6.07, 6.45) is 3.93. The summed E-state index contributed by atoms with van der Waals surface area (Å²) in [5.74, 6) is 1.08. The van der Waals surface area contributed by atoms with E-state index in [1.807, 2.05) is 12.1 Å². The summed E-state index contributed by atoms with van der Waals surface area (Å²) >= 11 is 0. The lowest BCUT2D eigenvalue weighted by atomic mass is 10.3. The monoisotopic (exact) mass is 204 g/mol. The molecule has 0 fully saturated rings. The van der Waals surface area contributed by atoms with Gasteiger partial charge in [0, 0.05) is 19.3 Å². The normalized spacial score (nSPS) is 9.67. The third-order valence-corrected chi connectivity index (χ3v) is 2.23. The van der Waals surface area contributed by atoms with E-state index >= 15 is 0 Å². The Morgan fingerprint density at radius 3 is 2.87 bits per heavy atom. The van der Waals surface area contributed by atoms with E-state index in [1.54, 1.807) is 6.20 Å². The largest absolute Gasteiger partial charge is 0.357 e. The first-order valence-corrected chi connectivity index (χ1v) is 5.29. The average Bonchev–Trinajstić information content (AvgIpc) is 2.30. The first kappa shape index (κ1) is 11.4. The standard InChI is InChI=1S/C11H16N4/c1-3-5-8-15(4-2)11-6-7-13-10(9-12)14-11/h6-7H,3-5,8H2,1-2H3. The minimum absolute atomic E-state index is 0.238. The Balaban J connectivity index is 2.78. The summed E-state index contributed by atoms with van der Waals surface area (Å²) in [5, 5.41) is 8.70. The Labute approximate surface area is 90.6 Å². The van der Waals surface area contributed by atoms with Crippen molar-refractivity contribution in [2.45, 2.75) is 26.7 Å². The van der Waals surface area contributed by atoms with E-state index in [0.29, 0.717) is 0 Å². The quantitative estimate of drug-likeness (QED) is 0.735. The molecule has 0 bridgehead atoms. The number of hydrogen-bond acceptors (Lipinski definition) is 4. The molecule has 1 rings (SSSR count). The molecule has 1 heterocycles. The van der Waals surface area contributed by atoms with Crippen molar-refractivity contribution in [2.24, 2.45) is 0 Å². The van der Waals surface area contributed by atoms with Gasteiger partial charge in [-0.3, -0.25) is 0 Å². The summed E-state index contributed by atoms with van der Waals surface area (Å²) < 4.78 is 0. The van der Waals surface area contributed by atoms with Gasteiger partial charge in [-0.05, 0) is 19.4 Å². The van der Waals surface area contributed by atoms with Gasteiger partial charge in [0.15, 0.2) is 0 Å². The maximum atomic E-state index is 8.70. The molecular weight excluding hydrogens is 188 g/mol. The molecule has 0 saturated heterocycles. The molecule has 1 aromatic heterocycles. The molecule has 4 heteroatoms. The highest BCUT2D eigenvalue weighted by molar-refractivity contribution is 5.38. The molecule has 0 atom stereocenters. The molecule has 0 radical (unpaired) electrons. The van der Waals surface area contributed by atoms with Gasteiger partial charge in [-0.15, -0.1) is 0 Å². The number of nitrogens with zero attached hydrogens (tertiary/aromatic N) is 4. The van der Waals surface area contributed by atoms with Crippen LogP contribution in [-0.2, 0) is 0 Å². The number of hydrogen-bond donors (Lipinski definition) is 0. The SMILES string of the molecule is CCCCN(CC)c1ccnc(C#N)n1. The molecule has 0 aromatic carbocycles. The van der Waals surface area contributed by atoms with Crippen LogP contribution in [0, 0.1) is 11.3 Å². The third-order valence-electron chi connectivity index (χ3n) is 2.23. The van der Waals surface area contributed by atoms with Crippen molar-refractivity contribution in [1.82, 2.24) is 9.97 Å². The molecule has 0 spiro atoms. The predicted octanol–water partition coefficient (Wildman–Crippen LogP) is 1.97. The van der Waals surface area contributed by atoms with Crippen LogP contribution in [0.15, 0.2) is 12.3 Å². The van der Waals surface area contributed by atoms with Crippen molar-refractivity contribution < 1.29 is 0 Å². The van der Waals surface area contributed by atoms with Crippen LogP contribution in [0.3, 0.4) is 0 Å². The van der Waals surface area contributed by atoms with E-state index in [2.05, 4.69) is 28.7 Å². The van der Waals surface area contributed by atoms with Crippen molar-refractivity contribution in [1.29, 1.82) is 5.26 Å². The van der Waals surface area contributed by atoms with Crippen LogP contribution < -0.4 is 4.90 Å². The summed E-state index contributed by atoms with van der Waals surface area (Å²) in [5.41, 5.74) is 0. The summed E-state index contributed by atoms with van der Waals surface area (Å²) in [6, 6.07) is 3.80. The second-order valence-corrected chi connectivity index (χ2v) is 3.28. The van der Waals surface area contributed by atoms with Gasteiger partial charge in [-0.2, -0.15) is 5.26 Å². The van der Waals surface area contributed by atoms with E-state index in [1.165, 1.54) is 0 Å². The molecule has 4 nitrogen and oxygen atoms in total. The summed E-state index contributed by atoms with van der Waals surface area (Å²) in [4.78, 5) is 10.2. The summed E-state index contributed by atoms with van der Waals surface area (Å²) in [6.45, 7) is 6.13. The lowest BCUT2D eigenvalue weighted by molar-refractivity contribution is 0.722. The molecule has 0 aliphatic heterocycles. The van der Waals surface area contributed by atoms with Crippen LogP contribution in [0.2, 0.25) is 0 Å². The van der Waals surface area contributed by atoms with Crippen molar-refractivity contribution in [3.8, 4) is 6.07 Å². The van der Waals surface area contributed by atoms with Crippen LogP contribution in [-0.4, -0.2) is 23.1 Å². The van der Waals surface area contributed by atoms with E-state index in [0.717, 1.165) is 31.7 Å².